The number of hydrogen-bond acceptors (Lipinski definition) is 5. The number of anilines is 1. The molecule has 0 saturated carbocycles. The Bertz CT molecular complexity index is 954. The number of hydrazone groups is 1. The summed E-state index contributed by atoms with van der Waals surface area (Å²) in [4.78, 5) is 23.9. The van der Waals surface area contributed by atoms with Crippen LogP contribution < -0.4 is 20.2 Å². The predicted octanol–water partition coefficient (Wildman–Crippen LogP) is 4.87. The highest BCUT2D eigenvalue weighted by Gasteiger charge is 2.12. The lowest BCUT2D eigenvalue weighted by atomic mass is 10.2. The van der Waals surface area contributed by atoms with Crippen LogP contribution in [0.5, 0.6) is 11.5 Å². The smallest absolute Gasteiger partial charge is 0.249 e. The Balaban J connectivity index is 1.94. The second-order valence-electron chi connectivity index (χ2n) is 5.84. The van der Waals surface area contributed by atoms with E-state index in [4.69, 9.17) is 32.7 Å². The van der Waals surface area contributed by atoms with Crippen molar-refractivity contribution in [2.24, 2.45) is 5.10 Å². The van der Waals surface area contributed by atoms with Gasteiger partial charge in [0.1, 0.15) is 6.42 Å². The SMILES string of the molecule is CCOc1cc(C=NNC(=O)CC(=O)Nc2ccc(Cl)c(Cl)c2)cc(I)c1OCC. The van der Waals surface area contributed by atoms with Crippen LogP contribution in [0.2, 0.25) is 10.0 Å². The van der Waals surface area contributed by atoms with Crippen LogP contribution in [0.1, 0.15) is 25.8 Å². The molecule has 2 rings (SSSR count). The molecule has 7 nitrogen and oxygen atoms in total. The van der Waals surface area contributed by atoms with Gasteiger partial charge < -0.3 is 14.8 Å². The summed E-state index contributed by atoms with van der Waals surface area (Å²) in [5.74, 6) is 0.199. The monoisotopic (exact) mass is 563 g/mol. The summed E-state index contributed by atoms with van der Waals surface area (Å²) in [5, 5.41) is 7.15. The first-order valence-electron chi connectivity index (χ1n) is 9.00. The van der Waals surface area contributed by atoms with Crippen LogP contribution in [-0.2, 0) is 9.59 Å². The Hall–Kier alpha value is -2.04. The topological polar surface area (TPSA) is 89.0 Å². The van der Waals surface area contributed by atoms with E-state index in [1.165, 1.54) is 12.3 Å². The molecule has 0 fully saturated rings. The minimum absolute atomic E-state index is 0.305. The summed E-state index contributed by atoms with van der Waals surface area (Å²) in [6.07, 6.45) is 1.07. The third-order valence-electron chi connectivity index (χ3n) is 3.55. The van der Waals surface area contributed by atoms with Crippen LogP contribution in [-0.4, -0.2) is 31.2 Å². The molecule has 0 saturated heterocycles. The minimum atomic E-state index is -0.561. The Morgan fingerprint density at radius 3 is 2.47 bits per heavy atom. The maximum Gasteiger partial charge on any atom is 0.249 e. The zero-order valence-electron chi connectivity index (χ0n) is 16.3. The summed E-state index contributed by atoms with van der Waals surface area (Å²) >= 11 is 13.9. The number of amides is 2. The van der Waals surface area contributed by atoms with E-state index in [0.717, 1.165) is 3.57 Å². The molecule has 0 aliphatic rings. The molecule has 160 valence electrons. The molecule has 10 heteroatoms. The van der Waals surface area contributed by atoms with Crippen molar-refractivity contribution >= 4 is 69.5 Å². The second-order valence-corrected chi connectivity index (χ2v) is 7.82. The van der Waals surface area contributed by atoms with Crippen LogP contribution in [0.25, 0.3) is 0 Å². The number of hydrogen-bond donors (Lipinski definition) is 2. The zero-order valence-corrected chi connectivity index (χ0v) is 20.0. The molecular formula is C20H20Cl2IN3O4. The van der Waals surface area contributed by atoms with Crippen molar-refractivity contribution in [1.29, 1.82) is 0 Å². The van der Waals surface area contributed by atoms with Gasteiger partial charge in [0.05, 0.1) is 33.0 Å². The van der Waals surface area contributed by atoms with Crippen LogP contribution in [0.4, 0.5) is 5.69 Å². The summed E-state index contributed by atoms with van der Waals surface area (Å²) in [5.41, 5.74) is 3.48. The van der Waals surface area contributed by atoms with Gasteiger partial charge in [-0.05, 0) is 72.3 Å². The van der Waals surface area contributed by atoms with Crippen LogP contribution in [0, 0.1) is 3.57 Å². The molecule has 0 aliphatic carbocycles. The average Bonchev–Trinajstić information content (AvgIpc) is 2.67. The van der Waals surface area contributed by atoms with E-state index in [0.29, 0.717) is 46.0 Å². The molecule has 0 aliphatic heterocycles. The highest BCUT2D eigenvalue weighted by atomic mass is 127. The lowest BCUT2D eigenvalue weighted by Crippen LogP contribution is -2.24. The molecule has 2 aromatic carbocycles. The maximum atomic E-state index is 12.0. The molecule has 2 N–H and O–H groups in total. The maximum absolute atomic E-state index is 12.0. The number of nitrogens with zero attached hydrogens (tertiary/aromatic N) is 1. The third kappa shape index (κ3) is 7.33. The van der Waals surface area contributed by atoms with Crippen LogP contribution in [0.3, 0.4) is 0 Å². The molecule has 30 heavy (non-hydrogen) atoms. The Morgan fingerprint density at radius 2 is 1.80 bits per heavy atom. The Morgan fingerprint density at radius 1 is 1.07 bits per heavy atom. The largest absolute Gasteiger partial charge is 0.490 e. The Labute approximate surface area is 198 Å². The molecule has 2 aromatic rings. The number of carbonyl (C=O) groups is 2. The van der Waals surface area contributed by atoms with Gasteiger partial charge in [0, 0.05) is 5.69 Å². The fourth-order valence-electron chi connectivity index (χ4n) is 2.35. The minimum Gasteiger partial charge on any atom is -0.490 e. The number of carbonyl (C=O) groups excluding carboxylic acids is 2. The lowest BCUT2D eigenvalue weighted by Gasteiger charge is -2.13. The van der Waals surface area contributed by atoms with Crippen molar-refractivity contribution in [2.75, 3.05) is 18.5 Å². The first kappa shape index (κ1) is 24.2. The van der Waals surface area contributed by atoms with Gasteiger partial charge in [0.2, 0.25) is 11.8 Å². The molecule has 0 aromatic heterocycles. The van der Waals surface area contributed by atoms with Crippen molar-refractivity contribution in [3.63, 3.8) is 0 Å². The van der Waals surface area contributed by atoms with E-state index in [2.05, 4.69) is 38.4 Å². The van der Waals surface area contributed by atoms with E-state index in [1.807, 2.05) is 19.9 Å². The van der Waals surface area contributed by atoms with E-state index >= 15 is 0 Å². The molecule has 0 bridgehead atoms. The molecular weight excluding hydrogens is 544 g/mol. The zero-order chi connectivity index (χ0) is 22.1. The highest BCUT2D eigenvalue weighted by Crippen LogP contribution is 2.33. The number of rotatable bonds is 9. The van der Waals surface area contributed by atoms with Gasteiger partial charge in [-0.1, -0.05) is 23.2 Å². The standard InChI is InChI=1S/C20H20Cl2IN3O4/c1-3-29-17-8-12(7-16(23)20(17)30-4-2)11-24-26-19(28)10-18(27)25-13-5-6-14(21)15(22)9-13/h5-9,11H,3-4,10H2,1-2H3,(H,25,27)(H,26,28). The van der Waals surface area contributed by atoms with Gasteiger partial charge in [-0.15, -0.1) is 0 Å². The summed E-state index contributed by atoms with van der Waals surface area (Å²) in [6, 6.07) is 8.26. The van der Waals surface area contributed by atoms with Gasteiger partial charge >= 0.3 is 0 Å². The van der Waals surface area contributed by atoms with Gasteiger partial charge in [-0.25, -0.2) is 5.43 Å². The number of halogens is 3. The number of benzene rings is 2. The van der Waals surface area contributed by atoms with E-state index < -0.39 is 18.2 Å². The van der Waals surface area contributed by atoms with Crippen molar-refractivity contribution in [3.05, 3.63) is 49.5 Å². The normalized spacial score (nSPS) is 10.7. The van der Waals surface area contributed by atoms with Gasteiger partial charge in [0.15, 0.2) is 11.5 Å². The van der Waals surface area contributed by atoms with Gasteiger partial charge in [0.25, 0.3) is 0 Å². The summed E-state index contributed by atoms with van der Waals surface area (Å²) in [6.45, 7) is 4.78. The van der Waals surface area contributed by atoms with Crippen LogP contribution >= 0.6 is 45.8 Å². The fourth-order valence-corrected chi connectivity index (χ4v) is 3.43. The fraction of sp³-hybridized carbons (Fsp3) is 0.250. The number of ether oxygens (including phenoxy) is 2. The quantitative estimate of drug-likeness (QED) is 0.197. The average molecular weight is 564 g/mol. The molecule has 0 unspecified atom stereocenters. The van der Waals surface area contributed by atoms with Gasteiger partial charge in [-0.2, -0.15) is 5.10 Å². The predicted molar refractivity (Wildman–Crippen MR) is 127 cm³/mol. The highest BCUT2D eigenvalue weighted by molar-refractivity contribution is 14.1. The molecule has 0 atom stereocenters. The second kappa shape index (κ2) is 12.0. The Kier molecular flexibility index (Phi) is 9.67. The van der Waals surface area contributed by atoms with E-state index in [1.54, 1.807) is 18.2 Å². The summed E-state index contributed by atoms with van der Waals surface area (Å²) in [7, 11) is 0. The first-order valence-corrected chi connectivity index (χ1v) is 10.8. The lowest BCUT2D eigenvalue weighted by molar-refractivity contribution is -0.126. The third-order valence-corrected chi connectivity index (χ3v) is 5.09. The van der Waals surface area contributed by atoms with E-state index in [-0.39, 0.29) is 0 Å². The van der Waals surface area contributed by atoms with Gasteiger partial charge in [-0.3, -0.25) is 9.59 Å². The van der Waals surface area contributed by atoms with Crippen molar-refractivity contribution in [1.82, 2.24) is 5.43 Å². The molecule has 2 amide bonds. The summed E-state index contributed by atoms with van der Waals surface area (Å²) < 4.78 is 12.1. The molecule has 0 radical (unpaired) electrons. The molecule has 0 spiro atoms. The van der Waals surface area contributed by atoms with Crippen molar-refractivity contribution < 1.29 is 19.1 Å². The van der Waals surface area contributed by atoms with Crippen molar-refractivity contribution in [2.45, 2.75) is 20.3 Å². The number of nitrogens with one attached hydrogen (secondary N) is 2. The van der Waals surface area contributed by atoms with Crippen molar-refractivity contribution in [3.8, 4) is 11.5 Å². The van der Waals surface area contributed by atoms with E-state index in [9.17, 15) is 9.59 Å². The molecule has 0 heterocycles. The van der Waals surface area contributed by atoms with Crippen LogP contribution in [0.15, 0.2) is 35.4 Å². The first-order chi connectivity index (χ1) is 14.3.